The van der Waals surface area contributed by atoms with E-state index in [1.807, 2.05) is 36.5 Å². The molecule has 0 atom stereocenters. The topological polar surface area (TPSA) is 93.1 Å². The van der Waals surface area contributed by atoms with Gasteiger partial charge in [-0.3, -0.25) is 9.52 Å². The smallest absolute Gasteiger partial charge is 0.229 e. The van der Waals surface area contributed by atoms with Crippen molar-refractivity contribution in [2.45, 2.75) is 6.42 Å². The van der Waals surface area contributed by atoms with Crippen molar-refractivity contribution < 1.29 is 13.2 Å². The minimum atomic E-state index is -3.43. The molecule has 134 valence electrons. The summed E-state index contributed by atoms with van der Waals surface area (Å²) in [7, 11) is -3.43. The minimum Gasteiger partial charge on any atom is -0.324 e. The summed E-state index contributed by atoms with van der Waals surface area (Å²) in [6.45, 7) is 0. The van der Waals surface area contributed by atoms with Crippen LogP contribution in [-0.2, 0) is 21.2 Å². The van der Waals surface area contributed by atoms with Gasteiger partial charge in [0.25, 0.3) is 0 Å². The van der Waals surface area contributed by atoms with Crippen LogP contribution in [-0.4, -0.2) is 30.4 Å². The van der Waals surface area contributed by atoms with Crippen molar-refractivity contribution in [2.24, 2.45) is 0 Å². The number of para-hydroxylation sites is 2. The molecule has 0 saturated carbocycles. The average molecular weight is 370 g/mol. The molecule has 7 nitrogen and oxygen atoms in total. The van der Waals surface area contributed by atoms with E-state index in [2.05, 4.69) is 15.1 Å². The number of benzene rings is 2. The highest BCUT2D eigenvalue weighted by Crippen LogP contribution is 2.22. The molecule has 0 aliphatic carbocycles. The van der Waals surface area contributed by atoms with Gasteiger partial charge in [-0.25, -0.2) is 13.1 Å². The first-order valence-electron chi connectivity index (χ1n) is 7.86. The first kappa shape index (κ1) is 17.7. The van der Waals surface area contributed by atoms with Gasteiger partial charge in [-0.15, -0.1) is 0 Å². The Morgan fingerprint density at radius 1 is 1.04 bits per heavy atom. The third-order valence-corrected chi connectivity index (χ3v) is 4.16. The Morgan fingerprint density at radius 2 is 1.73 bits per heavy atom. The average Bonchev–Trinajstić information content (AvgIpc) is 3.10. The van der Waals surface area contributed by atoms with Crippen molar-refractivity contribution in [1.82, 2.24) is 9.78 Å². The van der Waals surface area contributed by atoms with Gasteiger partial charge in [-0.1, -0.05) is 24.3 Å². The molecule has 0 radical (unpaired) electrons. The molecule has 0 aliphatic rings. The standard InChI is InChI=1S/C18H18N4O3S/c1-26(24,25)21-17-6-3-2-5-16(17)20-18(23)13-14-7-9-15(10-8-14)22-12-4-11-19-22/h2-12,21H,13H2,1H3,(H,20,23). The number of anilines is 2. The zero-order valence-electron chi connectivity index (χ0n) is 14.1. The number of hydrogen-bond donors (Lipinski definition) is 2. The second-order valence-corrected chi connectivity index (χ2v) is 7.51. The largest absolute Gasteiger partial charge is 0.324 e. The van der Waals surface area contributed by atoms with E-state index in [4.69, 9.17) is 0 Å². The maximum absolute atomic E-state index is 12.3. The van der Waals surface area contributed by atoms with Gasteiger partial charge in [-0.05, 0) is 35.9 Å². The molecule has 0 aliphatic heterocycles. The molecule has 26 heavy (non-hydrogen) atoms. The quantitative estimate of drug-likeness (QED) is 0.697. The maximum atomic E-state index is 12.3. The van der Waals surface area contributed by atoms with E-state index in [9.17, 15) is 13.2 Å². The van der Waals surface area contributed by atoms with Gasteiger partial charge in [-0.2, -0.15) is 5.10 Å². The number of aromatic nitrogens is 2. The van der Waals surface area contributed by atoms with Crippen molar-refractivity contribution in [3.8, 4) is 5.69 Å². The van der Waals surface area contributed by atoms with Crippen molar-refractivity contribution in [2.75, 3.05) is 16.3 Å². The predicted molar refractivity (Wildman–Crippen MR) is 101 cm³/mol. The summed E-state index contributed by atoms with van der Waals surface area (Å²) in [5, 5.41) is 6.89. The number of nitrogens with zero attached hydrogens (tertiary/aromatic N) is 2. The van der Waals surface area contributed by atoms with Gasteiger partial charge in [0.1, 0.15) is 0 Å². The summed E-state index contributed by atoms with van der Waals surface area (Å²) >= 11 is 0. The molecule has 1 amide bonds. The van der Waals surface area contributed by atoms with E-state index in [0.29, 0.717) is 11.4 Å². The van der Waals surface area contributed by atoms with Gasteiger partial charge >= 0.3 is 0 Å². The van der Waals surface area contributed by atoms with Crippen LogP contribution in [0, 0.1) is 0 Å². The van der Waals surface area contributed by atoms with E-state index in [-0.39, 0.29) is 12.3 Å². The third kappa shape index (κ3) is 4.70. The van der Waals surface area contributed by atoms with E-state index in [1.54, 1.807) is 35.1 Å². The van der Waals surface area contributed by atoms with Crippen LogP contribution < -0.4 is 10.0 Å². The molecule has 1 heterocycles. The van der Waals surface area contributed by atoms with Crippen LogP contribution in [0.1, 0.15) is 5.56 Å². The number of sulfonamides is 1. The Morgan fingerprint density at radius 3 is 2.35 bits per heavy atom. The van der Waals surface area contributed by atoms with Crippen molar-refractivity contribution in [3.05, 3.63) is 72.6 Å². The molecule has 0 saturated heterocycles. The van der Waals surface area contributed by atoms with Crippen molar-refractivity contribution >= 4 is 27.3 Å². The highest BCUT2D eigenvalue weighted by Gasteiger charge is 2.10. The van der Waals surface area contributed by atoms with Gasteiger partial charge in [0.15, 0.2) is 0 Å². The summed E-state index contributed by atoms with van der Waals surface area (Å²) < 4.78 is 27.0. The Labute approximate surface area is 151 Å². The molecule has 0 unspecified atom stereocenters. The Kier molecular flexibility index (Phi) is 5.04. The molecule has 0 spiro atoms. The summed E-state index contributed by atoms with van der Waals surface area (Å²) in [6, 6.07) is 16.0. The number of nitrogens with one attached hydrogen (secondary N) is 2. The van der Waals surface area contributed by atoms with Gasteiger partial charge in [0, 0.05) is 12.4 Å². The molecule has 0 fully saturated rings. The molecule has 3 rings (SSSR count). The summed E-state index contributed by atoms with van der Waals surface area (Å²) in [5.41, 5.74) is 2.49. The first-order valence-corrected chi connectivity index (χ1v) is 9.75. The third-order valence-electron chi connectivity index (χ3n) is 3.57. The fraction of sp³-hybridized carbons (Fsp3) is 0.111. The lowest BCUT2D eigenvalue weighted by Gasteiger charge is -2.12. The fourth-order valence-electron chi connectivity index (χ4n) is 2.45. The predicted octanol–water partition coefficient (Wildman–Crippen LogP) is 2.43. The van der Waals surface area contributed by atoms with Crippen LogP contribution in [0.2, 0.25) is 0 Å². The number of hydrogen-bond acceptors (Lipinski definition) is 4. The minimum absolute atomic E-state index is 0.173. The second kappa shape index (κ2) is 7.40. The molecule has 1 aromatic heterocycles. The van der Waals surface area contributed by atoms with Gasteiger partial charge in [0.05, 0.1) is 29.7 Å². The maximum Gasteiger partial charge on any atom is 0.229 e. The monoisotopic (exact) mass is 370 g/mol. The number of carbonyl (C=O) groups excluding carboxylic acids is 1. The van der Waals surface area contributed by atoms with Gasteiger partial charge in [0.2, 0.25) is 15.9 Å². The lowest BCUT2D eigenvalue weighted by atomic mass is 10.1. The molecule has 8 heteroatoms. The highest BCUT2D eigenvalue weighted by molar-refractivity contribution is 7.92. The Balaban J connectivity index is 1.68. The van der Waals surface area contributed by atoms with Crippen LogP contribution >= 0.6 is 0 Å². The normalized spacial score (nSPS) is 11.1. The zero-order valence-corrected chi connectivity index (χ0v) is 14.9. The summed E-state index contributed by atoms with van der Waals surface area (Å²) in [4.78, 5) is 12.3. The van der Waals surface area contributed by atoms with E-state index < -0.39 is 10.0 Å². The van der Waals surface area contributed by atoms with Crippen LogP contribution in [0.5, 0.6) is 0 Å². The van der Waals surface area contributed by atoms with Crippen LogP contribution in [0.15, 0.2) is 67.0 Å². The molecule has 2 N–H and O–H groups in total. The molecule has 0 bridgehead atoms. The number of rotatable bonds is 6. The van der Waals surface area contributed by atoms with Crippen LogP contribution in [0.4, 0.5) is 11.4 Å². The SMILES string of the molecule is CS(=O)(=O)Nc1ccccc1NC(=O)Cc1ccc(-n2cccn2)cc1. The van der Waals surface area contributed by atoms with Crippen molar-refractivity contribution in [3.63, 3.8) is 0 Å². The number of amides is 1. The number of carbonyl (C=O) groups is 1. The van der Waals surface area contributed by atoms with Crippen molar-refractivity contribution in [1.29, 1.82) is 0 Å². The van der Waals surface area contributed by atoms with Gasteiger partial charge < -0.3 is 5.32 Å². The van der Waals surface area contributed by atoms with Crippen LogP contribution in [0.25, 0.3) is 5.69 Å². The van der Waals surface area contributed by atoms with E-state index in [0.717, 1.165) is 17.5 Å². The second-order valence-electron chi connectivity index (χ2n) is 5.76. The summed E-state index contributed by atoms with van der Waals surface area (Å²) in [5.74, 6) is -0.236. The molecular formula is C18H18N4O3S. The molecule has 3 aromatic rings. The lowest BCUT2D eigenvalue weighted by Crippen LogP contribution is -2.17. The van der Waals surface area contributed by atoms with Crippen LogP contribution in [0.3, 0.4) is 0 Å². The Hall–Kier alpha value is -3.13. The lowest BCUT2D eigenvalue weighted by molar-refractivity contribution is -0.115. The first-order chi connectivity index (χ1) is 12.4. The van der Waals surface area contributed by atoms with E-state index >= 15 is 0 Å². The highest BCUT2D eigenvalue weighted by atomic mass is 32.2. The zero-order chi connectivity index (χ0) is 18.6. The Bertz CT molecular complexity index is 997. The molecular weight excluding hydrogens is 352 g/mol. The molecule has 2 aromatic carbocycles. The fourth-order valence-corrected chi connectivity index (χ4v) is 3.03. The summed E-state index contributed by atoms with van der Waals surface area (Å²) in [6.07, 6.45) is 4.77. The van der Waals surface area contributed by atoms with E-state index in [1.165, 1.54) is 0 Å².